The van der Waals surface area contributed by atoms with Crippen molar-refractivity contribution >= 4 is 11.6 Å². The predicted molar refractivity (Wildman–Crippen MR) is 104 cm³/mol. The quantitative estimate of drug-likeness (QED) is 0.612. The fraction of sp³-hybridized carbons (Fsp3) is 0.409. The summed E-state index contributed by atoms with van der Waals surface area (Å²) in [5.74, 6) is -0.292. The lowest BCUT2D eigenvalue weighted by Crippen LogP contribution is -2.31. The maximum absolute atomic E-state index is 13.6. The Morgan fingerprint density at radius 1 is 1.13 bits per heavy atom. The van der Waals surface area contributed by atoms with E-state index >= 15 is 0 Å². The maximum Gasteiger partial charge on any atom is 0.433 e. The number of alkyl halides is 3. The summed E-state index contributed by atoms with van der Waals surface area (Å²) >= 11 is 0. The second-order valence-corrected chi connectivity index (χ2v) is 8.21. The van der Waals surface area contributed by atoms with E-state index < -0.39 is 11.9 Å². The van der Waals surface area contributed by atoms with Crippen molar-refractivity contribution in [3.05, 3.63) is 64.6 Å². The van der Waals surface area contributed by atoms with Gasteiger partial charge in [-0.1, -0.05) is 29.8 Å². The molecular weight excluding hydrogens is 393 g/mol. The van der Waals surface area contributed by atoms with Gasteiger partial charge < -0.3 is 4.90 Å². The molecule has 8 heteroatoms. The Balaban J connectivity index is 1.53. The minimum atomic E-state index is -4.57. The number of carbonyl (C=O) groups is 1. The summed E-state index contributed by atoms with van der Waals surface area (Å²) in [6, 6.07) is 10.3. The molecule has 2 aliphatic rings. The first-order chi connectivity index (χ1) is 14.3. The largest absolute Gasteiger partial charge is 0.433 e. The first-order valence-corrected chi connectivity index (χ1v) is 10.2. The molecule has 5 nitrogen and oxygen atoms in total. The van der Waals surface area contributed by atoms with Gasteiger partial charge in [-0.25, -0.2) is 9.50 Å². The van der Waals surface area contributed by atoms with Crippen molar-refractivity contribution < 1.29 is 18.0 Å². The smallest absolute Gasteiger partial charge is 0.330 e. The number of likely N-dealkylation sites (tertiary alicyclic amines) is 1. The summed E-state index contributed by atoms with van der Waals surface area (Å²) in [5, 5.41) is 4.03. The highest BCUT2D eigenvalue weighted by molar-refractivity contribution is 5.93. The van der Waals surface area contributed by atoms with Crippen molar-refractivity contribution in [3.8, 4) is 0 Å². The van der Waals surface area contributed by atoms with Gasteiger partial charge >= 0.3 is 6.18 Å². The predicted octanol–water partition coefficient (Wildman–Crippen LogP) is 4.91. The van der Waals surface area contributed by atoms with Crippen molar-refractivity contribution in [1.82, 2.24) is 19.5 Å². The van der Waals surface area contributed by atoms with E-state index in [4.69, 9.17) is 0 Å². The number of carbonyl (C=O) groups excluding carboxylic acids is 1. The average molecular weight is 414 g/mol. The molecule has 1 saturated heterocycles. The van der Waals surface area contributed by atoms with Crippen LogP contribution >= 0.6 is 0 Å². The van der Waals surface area contributed by atoms with Crippen molar-refractivity contribution in [1.29, 1.82) is 0 Å². The average Bonchev–Trinajstić information content (AvgIpc) is 3.27. The number of halogens is 3. The highest BCUT2D eigenvalue weighted by Gasteiger charge is 2.38. The number of hydrogen-bond acceptors (Lipinski definition) is 3. The number of benzene rings is 1. The molecule has 3 heterocycles. The number of hydrogen-bond donors (Lipinski definition) is 0. The molecule has 1 aliphatic heterocycles. The lowest BCUT2D eigenvalue weighted by atomic mass is 10.0. The van der Waals surface area contributed by atoms with Gasteiger partial charge in [0, 0.05) is 24.2 Å². The van der Waals surface area contributed by atoms with E-state index in [2.05, 4.69) is 10.1 Å². The van der Waals surface area contributed by atoms with Gasteiger partial charge in [-0.2, -0.15) is 18.3 Å². The molecule has 5 rings (SSSR count). The second-order valence-electron chi connectivity index (χ2n) is 8.21. The number of amides is 1. The number of nitrogens with zero attached hydrogens (tertiary/aromatic N) is 4. The van der Waals surface area contributed by atoms with Crippen LogP contribution in [-0.2, 0) is 6.18 Å². The Bertz CT molecular complexity index is 1130. The van der Waals surface area contributed by atoms with Gasteiger partial charge in [0.05, 0.1) is 6.04 Å². The Morgan fingerprint density at radius 2 is 1.93 bits per heavy atom. The first kappa shape index (κ1) is 19.1. The third kappa shape index (κ3) is 3.34. The molecule has 1 unspecified atom stereocenters. The molecule has 1 aliphatic carbocycles. The molecule has 1 saturated carbocycles. The highest BCUT2D eigenvalue weighted by Crippen LogP contribution is 2.41. The Labute approximate surface area is 171 Å². The normalized spacial score (nSPS) is 19.6. The molecule has 156 valence electrons. The highest BCUT2D eigenvalue weighted by atomic mass is 19.4. The van der Waals surface area contributed by atoms with Crippen LogP contribution in [0.4, 0.5) is 13.2 Å². The van der Waals surface area contributed by atoms with Gasteiger partial charge in [-0.3, -0.25) is 4.79 Å². The summed E-state index contributed by atoms with van der Waals surface area (Å²) in [5.41, 5.74) is 1.75. The van der Waals surface area contributed by atoms with Gasteiger partial charge in [0.15, 0.2) is 11.3 Å². The van der Waals surface area contributed by atoms with Crippen molar-refractivity contribution in [3.63, 3.8) is 0 Å². The van der Waals surface area contributed by atoms with E-state index in [0.717, 1.165) is 47.4 Å². The molecule has 1 aromatic carbocycles. The van der Waals surface area contributed by atoms with Crippen molar-refractivity contribution in [2.75, 3.05) is 6.54 Å². The minimum Gasteiger partial charge on any atom is -0.330 e. The monoisotopic (exact) mass is 414 g/mol. The van der Waals surface area contributed by atoms with Crippen LogP contribution in [0.1, 0.15) is 70.6 Å². The number of fused-ring (bicyclic) bond motifs is 1. The van der Waals surface area contributed by atoms with E-state index in [9.17, 15) is 18.0 Å². The van der Waals surface area contributed by atoms with Crippen LogP contribution in [0.3, 0.4) is 0 Å². The van der Waals surface area contributed by atoms with E-state index in [0.29, 0.717) is 12.2 Å². The molecule has 2 aromatic heterocycles. The van der Waals surface area contributed by atoms with E-state index in [-0.39, 0.29) is 29.2 Å². The molecule has 2 fully saturated rings. The Hall–Kier alpha value is -2.90. The van der Waals surface area contributed by atoms with Gasteiger partial charge in [0.2, 0.25) is 0 Å². The summed E-state index contributed by atoms with van der Waals surface area (Å²) in [4.78, 5) is 19.3. The number of aromatic nitrogens is 3. The Kier molecular flexibility index (Phi) is 4.34. The standard InChI is InChI=1S/C22H21F3N4O/c1-13-4-2-5-15(10-13)18-6-3-9-28(18)21(30)17-12-20-26-16(14-7-8-14)11-19(22(23,24)25)29(20)27-17/h2,4-5,10-12,14,18H,3,6-9H2,1H3. The van der Waals surface area contributed by atoms with Crippen LogP contribution in [0.5, 0.6) is 0 Å². The summed E-state index contributed by atoms with van der Waals surface area (Å²) < 4.78 is 41.7. The first-order valence-electron chi connectivity index (χ1n) is 10.2. The minimum absolute atomic E-state index is 0.000463. The molecule has 0 radical (unpaired) electrons. The van der Waals surface area contributed by atoms with E-state index in [1.807, 2.05) is 31.2 Å². The van der Waals surface area contributed by atoms with Crippen molar-refractivity contribution in [2.24, 2.45) is 0 Å². The Morgan fingerprint density at radius 3 is 2.63 bits per heavy atom. The molecular formula is C22H21F3N4O. The van der Waals surface area contributed by atoms with Gasteiger partial charge in [0.25, 0.3) is 5.91 Å². The molecule has 0 bridgehead atoms. The lowest BCUT2D eigenvalue weighted by Gasteiger charge is -2.24. The van der Waals surface area contributed by atoms with Crippen LogP contribution in [0.2, 0.25) is 0 Å². The van der Waals surface area contributed by atoms with Gasteiger partial charge in [-0.15, -0.1) is 0 Å². The van der Waals surface area contributed by atoms with Crippen LogP contribution < -0.4 is 0 Å². The number of aryl methyl sites for hydroxylation is 1. The SMILES string of the molecule is Cc1cccc(C2CCCN2C(=O)c2cc3nc(C4CC4)cc(C(F)(F)F)n3n2)c1. The molecule has 1 amide bonds. The van der Waals surface area contributed by atoms with Crippen LogP contribution in [0, 0.1) is 6.92 Å². The van der Waals surface area contributed by atoms with Gasteiger partial charge in [-0.05, 0) is 44.2 Å². The molecule has 0 N–H and O–H groups in total. The second kappa shape index (κ2) is 6.82. The third-order valence-corrected chi connectivity index (χ3v) is 5.89. The zero-order valence-corrected chi connectivity index (χ0v) is 16.5. The van der Waals surface area contributed by atoms with E-state index in [1.54, 1.807) is 4.90 Å². The fourth-order valence-electron chi connectivity index (χ4n) is 4.27. The maximum atomic E-state index is 13.6. The molecule has 1 atom stereocenters. The molecule has 30 heavy (non-hydrogen) atoms. The molecule has 0 spiro atoms. The van der Waals surface area contributed by atoms with E-state index in [1.165, 1.54) is 6.07 Å². The van der Waals surface area contributed by atoms with Crippen LogP contribution in [-0.4, -0.2) is 31.9 Å². The summed E-state index contributed by atoms with van der Waals surface area (Å²) in [7, 11) is 0. The zero-order chi connectivity index (χ0) is 21.0. The summed E-state index contributed by atoms with van der Waals surface area (Å²) in [6.07, 6.45) is -1.23. The topological polar surface area (TPSA) is 50.5 Å². The molecule has 3 aromatic rings. The van der Waals surface area contributed by atoms with Crippen molar-refractivity contribution in [2.45, 2.75) is 50.7 Å². The van der Waals surface area contributed by atoms with Crippen LogP contribution in [0.25, 0.3) is 5.65 Å². The fourth-order valence-corrected chi connectivity index (χ4v) is 4.27. The van der Waals surface area contributed by atoms with Crippen LogP contribution in [0.15, 0.2) is 36.4 Å². The zero-order valence-electron chi connectivity index (χ0n) is 16.5. The number of rotatable bonds is 3. The third-order valence-electron chi connectivity index (χ3n) is 5.89. The van der Waals surface area contributed by atoms with Gasteiger partial charge in [0.1, 0.15) is 5.69 Å². The lowest BCUT2D eigenvalue weighted by molar-refractivity contribution is -0.142. The summed E-state index contributed by atoms with van der Waals surface area (Å²) in [6.45, 7) is 2.55.